The highest BCUT2D eigenvalue weighted by Crippen LogP contribution is 2.26. The average molecular weight is 175 g/mol. The van der Waals surface area contributed by atoms with Crippen LogP contribution in [0.25, 0.3) is 0 Å². The van der Waals surface area contributed by atoms with Crippen molar-refractivity contribution in [3.05, 3.63) is 5.21 Å². The van der Waals surface area contributed by atoms with Crippen molar-refractivity contribution in [2.75, 3.05) is 5.75 Å². The molecule has 0 fully saturated rings. The van der Waals surface area contributed by atoms with Gasteiger partial charge in [-0.1, -0.05) is 18.7 Å². The first-order valence-corrected chi connectivity index (χ1v) is 4.69. The summed E-state index contributed by atoms with van der Waals surface area (Å²) in [5.74, 6) is 0.924. The predicted octanol–water partition coefficient (Wildman–Crippen LogP) is 1.76. The summed E-state index contributed by atoms with van der Waals surface area (Å²) in [6.45, 7) is 5.86. The third kappa shape index (κ3) is 2.02. The molecule has 3 nitrogen and oxygen atoms in total. The van der Waals surface area contributed by atoms with E-state index in [1.165, 1.54) is 0 Å². The molecule has 0 aromatic carbocycles. The van der Waals surface area contributed by atoms with E-state index in [1.54, 1.807) is 11.8 Å². The van der Waals surface area contributed by atoms with Crippen LogP contribution >= 0.6 is 11.8 Å². The van der Waals surface area contributed by atoms with Gasteiger partial charge in [-0.05, 0) is 13.8 Å². The molecule has 0 spiro atoms. The smallest absolute Gasteiger partial charge is 0.280 e. The Bertz CT molecular complexity index is 189. The van der Waals surface area contributed by atoms with Gasteiger partial charge in [0.2, 0.25) is 0 Å². The van der Waals surface area contributed by atoms with E-state index in [1.807, 2.05) is 20.8 Å². The van der Waals surface area contributed by atoms with Gasteiger partial charge in [-0.3, -0.25) is 5.21 Å². The Morgan fingerprint density at radius 3 is 2.73 bits per heavy atom. The summed E-state index contributed by atoms with van der Waals surface area (Å²) in [7, 11) is 0. The lowest BCUT2D eigenvalue weighted by Crippen LogP contribution is -2.20. The summed E-state index contributed by atoms with van der Waals surface area (Å²) in [5, 5.41) is 11.8. The van der Waals surface area contributed by atoms with Gasteiger partial charge in [0, 0.05) is 10.7 Å². The van der Waals surface area contributed by atoms with Crippen molar-refractivity contribution in [3.8, 4) is 0 Å². The van der Waals surface area contributed by atoms with E-state index < -0.39 is 0 Å². The third-order valence-corrected chi connectivity index (χ3v) is 2.34. The van der Waals surface area contributed by atoms with Crippen molar-refractivity contribution in [1.29, 1.82) is 0 Å². The molecule has 0 unspecified atom stereocenters. The minimum atomic E-state index is -0.306. The quantitative estimate of drug-likeness (QED) is 0.570. The Labute approximate surface area is 71.0 Å². The molecule has 0 aliphatic carbocycles. The number of nitrogens with zero attached hydrogens (tertiary/aromatic N) is 1. The monoisotopic (exact) mass is 175 g/mol. The Balaban J connectivity index is 2.60. The van der Waals surface area contributed by atoms with E-state index in [4.69, 9.17) is 4.84 Å². The first-order valence-electron chi connectivity index (χ1n) is 3.70. The molecule has 64 valence electrons. The third-order valence-electron chi connectivity index (χ3n) is 1.42. The molecule has 0 amide bonds. The topological polar surface area (TPSA) is 35.3 Å². The second-order valence-electron chi connectivity index (χ2n) is 3.11. The molecule has 1 aliphatic rings. The Morgan fingerprint density at radius 1 is 1.73 bits per heavy atom. The number of hydrogen-bond donors (Lipinski definition) is 0. The Morgan fingerprint density at radius 2 is 2.36 bits per heavy atom. The first-order chi connectivity index (χ1) is 5.05. The molecule has 1 heterocycles. The van der Waals surface area contributed by atoms with Gasteiger partial charge in [-0.2, -0.15) is 0 Å². The van der Waals surface area contributed by atoms with Gasteiger partial charge in [-0.15, -0.1) is 0 Å². The predicted molar refractivity (Wildman–Crippen MR) is 46.5 cm³/mol. The zero-order valence-corrected chi connectivity index (χ0v) is 7.90. The van der Waals surface area contributed by atoms with Gasteiger partial charge in [0.1, 0.15) is 0 Å². The SMILES string of the molecule is CCSC1=[N+]([O-])OC(C)(C)C1. The lowest BCUT2D eigenvalue weighted by atomic mass is 10.1. The van der Waals surface area contributed by atoms with Crippen molar-refractivity contribution in [3.63, 3.8) is 0 Å². The fourth-order valence-corrected chi connectivity index (χ4v) is 1.93. The van der Waals surface area contributed by atoms with E-state index in [-0.39, 0.29) is 5.60 Å². The van der Waals surface area contributed by atoms with Crippen LogP contribution in [0.3, 0.4) is 0 Å². The fraction of sp³-hybridized carbons (Fsp3) is 0.857. The number of thioether (sulfide) groups is 1. The minimum absolute atomic E-state index is 0.306. The molecule has 0 aromatic heterocycles. The first kappa shape index (κ1) is 8.71. The maximum Gasteiger partial charge on any atom is 0.280 e. The Kier molecular flexibility index (Phi) is 2.32. The Hall–Kier alpha value is -0.380. The maximum atomic E-state index is 11.0. The van der Waals surface area contributed by atoms with Crippen LogP contribution in [0.2, 0.25) is 0 Å². The molecule has 1 rings (SSSR count). The summed E-state index contributed by atoms with van der Waals surface area (Å²) >= 11 is 1.55. The van der Waals surface area contributed by atoms with Gasteiger partial charge < -0.3 is 4.84 Å². The molecular weight excluding hydrogens is 162 g/mol. The standard InChI is InChI=1S/C7H13NO2S/c1-4-11-6-5-7(2,3)10-8(6)9/h4-5H2,1-3H3. The van der Waals surface area contributed by atoms with Gasteiger partial charge in [-0.25, -0.2) is 0 Å². The van der Waals surface area contributed by atoms with Gasteiger partial charge in [0.15, 0.2) is 0 Å². The van der Waals surface area contributed by atoms with E-state index in [0.717, 1.165) is 17.2 Å². The number of rotatable bonds is 1. The zero-order chi connectivity index (χ0) is 8.48. The van der Waals surface area contributed by atoms with Crippen LogP contribution in [0.1, 0.15) is 27.2 Å². The lowest BCUT2D eigenvalue weighted by molar-refractivity contribution is -0.749. The van der Waals surface area contributed by atoms with Crippen molar-refractivity contribution >= 4 is 16.8 Å². The normalized spacial score (nSPS) is 22.1. The molecule has 1 aliphatic heterocycles. The van der Waals surface area contributed by atoms with Crippen LogP contribution in [0.15, 0.2) is 0 Å². The van der Waals surface area contributed by atoms with Gasteiger partial charge in [0.25, 0.3) is 5.04 Å². The molecule has 0 bridgehead atoms. The van der Waals surface area contributed by atoms with Crippen LogP contribution in [0.5, 0.6) is 0 Å². The molecule has 0 N–H and O–H groups in total. The van der Waals surface area contributed by atoms with Crippen LogP contribution < -0.4 is 0 Å². The van der Waals surface area contributed by atoms with Gasteiger partial charge >= 0.3 is 0 Å². The number of hydrogen-bond acceptors (Lipinski definition) is 3. The van der Waals surface area contributed by atoms with E-state index in [0.29, 0.717) is 4.90 Å². The molecule has 4 heteroatoms. The molecule has 0 atom stereocenters. The zero-order valence-electron chi connectivity index (χ0n) is 7.09. The highest BCUT2D eigenvalue weighted by molar-refractivity contribution is 8.13. The van der Waals surface area contributed by atoms with Crippen molar-refractivity contribution in [1.82, 2.24) is 0 Å². The second kappa shape index (κ2) is 2.93. The molecule has 0 aromatic rings. The highest BCUT2D eigenvalue weighted by Gasteiger charge is 2.33. The summed E-state index contributed by atoms with van der Waals surface area (Å²) in [4.78, 5) is 5.68. The molecular formula is C7H13NO2S. The maximum absolute atomic E-state index is 11.0. The molecule has 11 heavy (non-hydrogen) atoms. The van der Waals surface area contributed by atoms with Crippen molar-refractivity contribution in [2.45, 2.75) is 32.8 Å². The fourth-order valence-electron chi connectivity index (χ4n) is 1.01. The minimum Gasteiger partial charge on any atom is -0.396 e. The average Bonchev–Trinajstić information content (AvgIpc) is 2.07. The van der Waals surface area contributed by atoms with Crippen molar-refractivity contribution < 1.29 is 9.74 Å². The van der Waals surface area contributed by atoms with Crippen LogP contribution in [-0.4, -0.2) is 21.3 Å². The summed E-state index contributed by atoms with van der Waals surface area (Å²) in [6, 6.07) is 0. The molecule has 0 radical (unpaired) electrons. The molecule has 0 saturated heterocycles. The second-order valence-corrected chi connectivity index (χ2v) is 4.45. The highest BCUT2D eigenvalue weighted by atomic mass is 32.2. The van der Waals surface area contributed by atoms with E-state index in [9.17, 15) is 5.21 Å². The van der Waals surface area contributed by atoms with Crippen LogP contribution in [0, 0.1) is 5.21 Å². The summed E-state index contributed by atoms with van der Waals surface area (Å²) in [6.07, 6.45) is 0.731. The summed E-state index contributed by atoms with van der Waals surface area (Å²) in [5.41, 5.74) is -0.306. The lowest BCUT2D eigenvalue weighted by Gasteiger charge is -2.16. The van der Waals surface area contributed by atoms with Gasteiger partial charge in [0.05, 0.1) is 12.0 Å². The van der Waals surface area contributed by atoms with E-state index in [2.05, 4.69) is 0 Å². The van der Waals surface area contributed by atoms with Crippen LogP contribution in [-0.2, 0) is 4.84 Å². The molecule has 0 saturated carbocycles. The van der Waals surface area contributed by atoms with E-state index >= 15 is 0 Å². The summed E-state index contributed by atoms with van der Waals surface area (Å²) < 4.78 is 0. The van der Waals surface area contributed by atoms with Crippen LogP contribution in [0.4, 0.5) is 0 Å². The van der Waals surface area contributed by atoms with Crippen molar-refractivity contribution in [2.24, 2.45) is 0 Å². The largest absolute Gasteiger partial charge is 0.396 e.